The van der Waals surface area contributed by atoms with Crippen LogP contribution < -0.4 is 0 Å². The van der Waals surface area contributed by atoms with Gasteiger partial charge in [0.2, 0.25) is 0 Å². The lowest BCUT2D eigenvalue weighted by Crippen LogP contribution is -2.12. The SMILES string of the molecule is CN=C1CCC(c2ccc(O)cc2)CC1. The number of benzene rings is 1. The molecule has 0 spiro atoms. The summed E-state index contributed by atoms with van der Waals surface area (Å²) >= 11 is 0. The molecule has 80 valence electrons. The molecule has 0 radical (unpaired) electrons. The van der Waals surface area contributed by atoms with Gasteiger partial charge >= 0.3 is 0 Å². The first kappa shape index (κ1) is 10.2. The molecule has 15 heavy (non-hydrogen) atoms. The van der Waals surface area contributed by atoms with E-state index in [1.807, 2.05) is 19.2 Å². The van der Waals surface area contributed by atoms with Crippen LogP contribution in [0.5, 0.6) is 5.75 Å². The van der Waals surface area contributed by atoms with Gasteiger partial charge in [0, 0.05) is 12.8 Å². The number of aliphatic imine (C=N–C) groups is 1. The molecule has 0 bridgehead atoms. The van der Waals surface area contributed by atoms with Crippen LogP contribution >= 0.6 is 0 Å². The molecule has 1 aromatic carbocycles. The molecule has 0 unspecified atom stereocenters. The van der Waals surface area contributed by atoms with Crippen LogP contribution in [0.1, 0.15) is 37.2 Å². The number of phenols is 1. The van der Waals surface area contributed by atoms with Crippen molar-refractivity contribution in [1.82, 2.24) is 0 Å². The normalized spacial score (nSPS) is 21.4. The van der Waals surface area contributed by atoms with Crippen molar-refractivity contribution in [3.05, 3.63) is 29.8 Å². The molecule has 1 fully saturated rings. The average Bonchev–Trinajstić information content (AvgIpc) is 2.30. The van der Waals surface area contributed by atoms with Crippen LogP contribution in [-0.2, 0) is 0 Å². The fraction of sp³-hybridized carbons (Fsp3) is 0.462. The Morgan fingerprint density at radius 2 is 1.73 bits per heavy atom. The molecule has 0 saturated heterocycles. The summed E-state index contributed by atoms with van der Waals surface area (Å²) in [6.07, 6.45) is 4.64. The third-order valence-corrected chi connectivity index (χ3v) is 3.24. The monoisotopic (exact) mass is 203 g/mol. The van der Waals surface area contributed by atoms with Crippen LogP contribution in [0.15, 0.2) is 29.3 Å². The van der Waals surface area contributed by atoms with Crippen LogP contribution in [0.2, 0.25) is 0 Å². The quantitative estimate of drug-likeness (QED) is 0.747. The minimum atomic E-state index is 0.352. The molecule has 2 heteroatoms. The predicted molar refractivity (Wildman–Crippen MR) is 62.7 cm³/mol. The van der Waals surface area contributed by atoms with Gasteiger partial charge in [-0.25, -0.2) is 0 Å². The van der Waals surface area contributed by atoms with Crippen LogP contribution in [0.4, 0.5) is 0 Å². The summed E-state index contributed by atoms with van der Waals surface area (Å²) in [4.78, 5) is 4.27. The van der Waals surface area contributed by atoms with Crippen molar-refractivity contribution in [2.45, 2.75) is 31.6 Å². The van der Waals surface area contributed by atoms with Crippen LogP contribution in [0, 0.1) is 0 Å². The van der Waals surface area contributed by atoms with Crippen molar-refractivity contribution in [2.75, 3.05) is 7.05 Å². The standard InChI is InChI=1S/C13H17NO/c1-14-12-6-2-10(3-7-12)11-4-8-13(15)9-5-11/h4-5,8-10,15H,2-3,6-7H2,1H3. The van der Waals surface area contributed by atoms with E-state index in [4.69, 9.17) is 0 Å². The van der Waals surface area contributed by atoms with Gasteiger partial charge in [-0.3, -0.25) is 4.99 Å². The lowest BCUT2D eigenvalue weighted by molar-refractivity contribution is 0.474. The van der Waals surface area contributed by atoms with Gasteiger partial charge in [-0.2, -0.15) is 0 Å². The molecule has 1 saturated carbocycles. The molecule has 1 aliphatic rings. The Kier molecular flexibility index (Phi) is 3.05. The van der Waals surface area contributed by atoms with Gasteiger partial charge in [0.15, 0.2) is 0 Å². The molecule has 0 aliphatic heterocycles. The largest absolute Gasteiger partial charge is 0.508 e. The first-order chi connectivity index (χ1) is 7.29. The summed E-state index contributed by atoms with van der Waals surface area (Å²) in [7, 11) is 1.89. The first-order valence-electron chi connectivity index (χ1n) is 5.53. The second-order valence-electron chi connectivity index (χ2n) is 4.16. The van der Waals surface area contributed by atoms with E-state index >= 15 is 0 Å². The van der Waals surface area contributed by atoms with E-state index in [0.29, 0.717) is 11.7 Å². The summed E-state index contributed by atoms with van der Waals surface area (Å²) in [5, 5.41) is 9.22. The third-order valence-electron chi connectivity index (χ3n) is 3.24. The highest BCUT2D eigenvalue weighted by atomic mass is 16.3. The Hall–Kier alpha value is -1.31. The highest BCUT2D eigenvalue weighted by Gasteiger charge is 2.18. The maximum absolute atomic E-state index is 9.22. The topological polar surface area (TPSA) is 32.6 Å². The van der Waals surface area contributed by atoms with Gasteiger partial charge in [-0.15, -0.1) is 0 Å². The molecular formula is C13H17NO. The van der Waals surface area contributed by atoms with Gasteiger partial charge in [0.25, 0.3) is 0 Å². The Balaban J connectivity index is 2.04. The summed E-state index contributed by atoms with van der Waals surface area (Å²) in [6.45, 7) is 0. The van der Waals surface area contributed by atoms with E-state index in [-0.39, 0.29) is 0 Å². The Morgan fingerprint density at radius 1 is 1.13 bits per heavy atom. The fourth-order valence-electron chi connectivity index (χ4n) is 2.25. The Bertz CT molecular complexity index is 343. The predicted octanol–water partition coefficient (Wildman–Crippen LogP) is 3.12. The molecule has 1 N–H and O–H groups in total. The van der Waals surface area contributed by atoms with Crippen molar-refractivity contribution < 1.29 is 5.11 Å². The molecule has 2 rings (SSSR count). The van der Waals surface area contributed by atoms with Gasteiger partial charge in [0.05, 0.1) is 0 Å². The number of aromatic hydroxyl groups is 1. The molecule has 1 aromatic rings. The molecular weight excluding hydrogens is 186 g/mol. The maximum atomic E-state index is 9.22. The summed E-state index contributed by atoms with van der Waals surface area (Å²) in [5.41, 5.74) is 2.70. The molecule has 0 atom stereocenters. The minimum Gasteiger partial charge on any atom is -0.508 e. The molecule has 0 aromatic heterocycles. The second kappa shape index (κ2) is 4.47. The summed E-state index contributed by atoms with van der Waals surface area (Å²) in [5.74, 6) is 1.00. The van der Waals surface area contributed by atoms with E-state index in [1.165, 1.54) is 24.1 Å². The number of hydrogen-bond donors (Lipinski definition) is 1. The Labute approximate surface area is 90.7 Å². The van der Waals surface area contributed by atoms with Gasteiger partial charge < -0.3 is 5.11 Å². The summed E-state index contributed by atoms with van der Waals surface area (Å²) < 4.78 is 0. The van der Waals surface area contributed by atoms with Crippen LogP contribution in [-0.4, -0.2) is 17.9 Å². The Morgan fingerprint density at radius 3 is 2.27 bits per heavy atom. The van der Waals surface area contributed by atoms with Crippen molar-refractivity contribution in [1.29, 1.82) is 0 Å². The summed E-state index contributed by atoms with van der Waals surface area (Å²) in [6, 6.07) is 7.62. The molecule has 2 nitrogen and oxygen atoms in total. The maximum Gasteiger partial charge on any atom is 0.115 e. The van der Waals surface area contributed by atoms with E-state index in [2.05, 4.69) is 4.99 Å². The fourth-order valence-corrected chi connectivity index (χ4v) is 2.25. The minimum absolute atomic E-state index is 0.352. The highest BCUT2D eigenvalue weighted by molar-refractivity contribution is 5.85. The highest BCUT2D eigenvalue weighted by Crippen LogP contribution is 2.32. The molecule has 0 heterocycles. The lowest BCUT2D eigenvalue weighted by atomic mass is 9.83. The zero-order valence-corrected chi connectivity index (χ0v) is 9.11. The number of hydrogen-bond acceptors (Lipinski definition) is 2. The van der Waals surface area contributed by atoms with Gasteiger partial charge in [-0.05, 0) is 49.3 Å². The van der Waals surface area contributed by atoms with Crippen molar-refractivity contribution in [3.8, 4) is 5.75 Å². The third kappa shape index (κ3) is 2.38. The van der Waals surface area contributed by atoms with Crippen molar-refractivity contribution in [3.63, 3.8) is 0 Å². The van der Waals surface area contributed by atoms with E-state index < -0.39 is 0 Å². The van der Waals surface area contributed by atoms with Gasteiger partial charge in [-0.1, -0.05) is 12.1 Å². The van der Waals surface area contributed by atoms with Crippen molar-refractivity contribution in [2.24, 2.45) is 4.99 Å². The smallest absolute Gasteiger partial charge is 0.115 e. The zero-order chi connectivity index (χ0) is 10.7. The number of nitrogens with zero attached hydrogens (tertiary/aromatic N) is 1. The average molecular weight is 203 g/mol. The molecule has 1 aliphatic carbocycles. The van der Waals surface area contributed by atoms with Crippen LogP contribution in [0.25, 0.3) is 0 Å². The number of rotatable bonds is 1. The van der Waals surface area contributed by atoms with Gasteiger partial charge in [0.1, 0.15) is 5.75 Å². The van der Waals surface area contributed by atoms with E-state index in [0.717, 1.165) is 12.8 Å². The zero-order valence-electron chi connectivity index (χ0n) is 9.11. The van der Waals surface area contributed by atoms with Crippen molar-refractivity contribution >= 4 is 5.71 Å². The van der Waals surface area contributed by atoms with Crippen LogP contribution in [0.3, 0.4) is 0 Å². The second-order valence-corrected chi connectivity index (χ2v) is 4.16. The van der Waals surface area contributed by atoms with E-state index in [1.54, 1.807) is 12.1 Å². The number of phenolic OH excluding ortho intramolecular Hbond substituents is 1. The van der Waals surface area contributed by atoms with E-state index in [9.17, 15) is 5.11 Å². The first-order valence-corrected chi connectivity index (χ1v) is 5.53. The molecule has 0 amide bonds. The lowest BCUT2D eigenvalue weighted by Gasteiger charge is -2.23.